The van der Waals surface area contributed by atoms with Crippen molar-refractivity contribution in [2.75, 3.05) is 19.5 Å². The number of aryl methyl sites for hydroxylation is 2. The average Bonchev–Trinajstić information content (AvgIpc) is 3.11. The first-order chi connectivity index (χ1) is 11.3. The molecule has 1 amide bonds. The number of carbonyl (C=O) groups is 2. The lowest BCUT2D eigenvalue weighted by atomic mass is 10.2. The number of hydrogen-bond donors (Lipinski definition) is 1. The highest BCUT2D eigenvalue weighted by Gasteiger charge is 2.22. The summed E-state index contributed by atoms with van der Waals surface area (Å²) in [5.41, 5.74) is 1.07. The number of nitrogens with one attached hydrogen (secondary N) is 1. The van der Waals surface area contributed by atoms with Crippen LogP contribution in [0.1, 0.15) is 34.5 Å². The predicted molar refractivity (Wildman–Crippen MR) is 85.6 cm³/mol. The van der Waals surface area contributed by atoms with E-state index in [4.69, 9.17) is 13.7 Å². The second kappa shape index (κ2) is 7.31. The zero-order valence-electron chi connectivity index (χ0n) is 14.4. The zero-order valence-corrected chi connectivity index (χ0v) is 14.4. The maximum absolute atomic E-state index is 12.2. The van der Waals surface area contributed by atoms with E-state index >= 15 is 0 Å². The van der Waals surface area contributed by atoms with Gasteiger partial charge in [-0.3, -0.25) is 15.0 Å². The third-order valence-corrected chi connectivity index (χ3v) is 3.69. The molecule has 8 nitrogen and oxygen atoms in total. The van der Waals surface area contributed by atoms with E-state index in [1.165, 1.54) is 7.11 Å². The number of aromatic nitrogens is 1. The van der Waals surface area contributed by atoms with Gasteiger partial charge >= 0.3 is 5.97 Å². The van der Waals surface area contributed by atoms with Gasteiger partial charge in [0.05, 0.1) is 25.4 Å². The van der Waals surface area contributed by atoms with Crippen LogP contribution in [0.15, 0.2) is 21.1 Å². The van der Waals surface area contributed by atoms with Gasteiger partial charge in [-0.05, 0) is 33.9 Å². The van der Waals surface area contributed by atoms with Gasteiger partial charge in [0.15, 0.2) is 0 Å². The molecule has 0 spiro atoms. The van der Waals surface area contributed by atoms with Crippen LogP contribution in [0.2, 0.25) is 0 Å². The molecule has 0 bridgehead atoms. The second-order valence-electron chi connectivity index (χ2n) is 5.59. The van der Waals surface area contributed by atoms with Crippen LogP contribution in [-0.4, -0.2) is 42.1 Å². The van der Waals surface area contributed by atoms with Crippen molar-refractivity contribution in [1.82, 2.24) is 10.1 Å². The molecule has 0 aromatic carbocycles. The fourth-order valence-electron chi connectivity index (χ4n) is 2.17. The normalized spacial score (nSPS) is 12.2. The number of rotatable bonds is 6. The number of nitrogens with zero attached hydrogens (tertiary/aromatic N) is 2. The van der Waals surface area contributed by atoms with E-state index in [1.54, 1.807) is 44.9 Å². The van der Waals surface area contributed by atoms with E-state index in [9.17, 15) is 9.59 Å². The van der Waals surface area contributed by atoms with Gasteiger partial charge in [0.1, 0.15) is 17.1 Å². The second-order valence-corrected chi connectivity index (χ2v) is 5.59. The quantitative estimate of drug-likeness (QED) is 0.807. The number of hydrogen-bond acceptors (Lipinski definition) is 7. The van der Waals surface area contributed by atoms with Crippen molar-refractivity contribution in [3.63, 3.8) is 0 Å². The van der Waals surface area contributed by atoms with Crippen LogP contribution < -0.4 is 5.32 Å². The fraction of sp³-hybridized carbons (Fsp3) is 0.438. The van der Waals surface area contributed by atoms with Gasteiger partial charge in [-0.25, -0.2) is 4.79 Å². The Morgan fingerprint density at radius 2 is 2.08 bits per heavy atom. The lowest BCUT2D eigenvalue weighted by Gasteiger charge is -2.22. The first-order valence-electron chi connectivity index (χ1n) is 7.44. The summed E-state index contributed by atoms with van der Waals surface area (Å²) in [4.78, 5) is 25.6. The molecule has 0 saturated heterocycles. The third kappa shape index (κ3) is 4.02. The van der Waals surface area contributed by atoms with E-state index in [1.807, 2.05) is 0 Å². The average molecular weight is 335 g/mol. The molecule has 2 heterocycles. The van der Waals surface area contributed by atoms with Crippen molar-refractivity contribution < 1.29 is 23.3 Å². The fourth-order valence-corrected chi connectivity index (χ4v) is 2.17. The van der Waals surface area contributed by atoms with E-state index < -0.39 is 12.0 Å². The molecule has 0 aliphatic carbocycles. The summed E-state index contributed by atoms with van der Waals surface area (Å²) < 4.78 is 15.2. The Kier molecular flexibility index (Phi) is 5.40. The molecule has 8 heteroatoms. The van der Waals surface area contributed by atoms with E-state index in [2.05, 4.69) is 10.5 Å². The van der Waals surface area contributed by atoms with Crippen molar-refractivity contribution in [2.45, 2.75) is 33.4 Å². The van der Waals surface area contributed by atoms with Crippen molar-refractivity contribution in [3.8, 4) is 0 Å². The number of amides is 1. The molecule has 0 aliphatic rings. The van der Waals surface area contributed by atoms with Crippen LogP contribution >= 0.6 is 0 Å². The molecular weight excluding hydrogens is 314 g/mol. The highest BCUT2D eigenvalue weighted by molar-refractivity contribution is 5.93. The molecular formula is C16H21N3O5. The van der Waals surface area contributed by atoms with Gasteiger partial charge in [0.25, 0.3) is 0 Å². The molecule has 1 unspecified atom stereocenters. The van der Waals surface area contributed by atoms with Gasteiger partial charge in [-0.15, -0.1) is 0 Å². The first-order valence-corrected chi connectivity index (χ1v) is 7.44. The van der Waals surface area contributed by atoms with E-state index in [0.29, 0.717) is 35.2 Å². The van der Waals surface area contributed by atoms with E-state index in [-0.39, 0.29) is 5.91 Å². The van der Waals surface area contributed by atoms with Crippen LogP contribution in [0.5, 0.6) is 0 Å². The number of furan rings is 1. The van der Waals surface area contributed by atoms with Crippen molar-refractivity contribution >= 4 is 17.8 Å². The molecule has 1 atom stereocenters. The highest BCUT2D eigenvalue weighted by Crippen LogP contribution is 2.18. The van der Waals surface area contributed by atoms with Gasteiger partial charge in [-0.1, -0.05) is 5.16 Å². The van der Waals surface area contributed by atoms with Crippen molar-refractivity contribution in [3.05, 3.63) is 34.9 Å². The summed E-state index contributed by atoms with van der Waals surface area (Å²) in [6, 6.07) is 2.83. The predicted octanol–water partition coefficient (Wildman–Crippen LogP) is 2.13. The van der Waals surface area contributed by atoms with Crippen molar-refractivity contribution in [2.24, 2.45) is 0 Å². The minimum absolute atomic E-state index is 0.231. The van der Waals surface area contributed by atoms with Gasteiger partial charge in [0, 0.05) is 6.07 Å². The van der Waals surface area contributed by atoms with E-state index in [0.717, 1.165) is 0 Å². The molecule has 130 valence electrons. The summed E-state index contributed by atoms with van der Waals surface area (Å²) >= 11 is 0. The topological polar surface area (TPSA) is 97.8 Å². The Balaban J connectivity index is 1.99. The van der Waals surface area contributed by atoms with Crippen LogP contribution in [0, 0.1) is 13.8 Å². The van der Waals surface area contributed by atoms with Crippen LogP contribution in [0.3, 0.4) is 0 Å². The summed E-state index contributed by atoms with van der Waals surface area (Å²) in [6.07, 6.45) is 0. The molecule has 24 heavy (non-hydrogen) atoms. The highest BCUT2D eigenvalue weighted by atomic mass is 16.5. The number of ether oxygens (including phenoxy) is 1. The van der Waals surface area contributed by atoms with Crippen LogP contribution in [0.25, 0.3) is 0 Å². The summed E-state index contributed by atoms with van der Waals surface area (Å²) in [6.45, 7) is 5.59. The SMILES string of the molecule is COC(=O)c1cc(CN(C)C(C)C(=O)Nc2cc(C)no2)oc1C. The monoisotopic (exact) mass is 335 g/mol. The number of methoxy groups -OCH3 is 1. The molecule has 0 radical (unpaired) electrons. The lowest BCUT2D eigenvalue weighted by Crippen LogP contribution is -2.39. The Bertz CT molecular complexity index is 734. The molecule has 0 saturated carbocycles. The number of carbonyl (C=O) groups excluding carboxylic acids is 2. The summed E-state index contributed by atoms with van der Waals surface area (Å²) in [7, 11) is 3.10. The maximum atomic E-state index is 12.2. The maximum Gasteiger partial charge on any atom is 0.341 e. The van der Waals surface area contributed by atoms with Gasteiger partial charge < -0.3 is 13.7 Å². The standard InChI is InChI=1S/C16H21N3O5/c1-9-6-14(24-18-9)17-15(20)10(2)19(4)8-12-7-13(11(3)23-12)16(21)22-5/h6-7,10H,8H2,1-5H3,(H,17,20). The van der Waals surface area contributed by atoms with Crippen LogP contribution in [0.4, 0.5) is 5.88 Å². The molecule has 2 aromatic heterocycles. The molecule has 1 N–H and O–H groups in total. The molecule has 2 aromatic rings. The van der Waals surface area contributed by atoms with Crippen molar-refractivity contribution in [1.29, 1.82) is 0 Å². The Morgan fingerprint density at radius 1 is 1.38 bits per heavy atom. The number of esters is 1. The first kappa shape index (κ1) is 17.7. The van der Waals surface area contributed by atoms with Gasteiger partial charge in [0.2, 0.25) is 11.8 Å². The Hall–Kier alpha value is -2.61. The summed E-state index contributed by atoms with van der Waals surface area (Å²) in [5.74, 6) is 0.686. The minimum atomic E-state index is -0.448. The molecule has 0 fully saturated rings. The third-order valence-electron chi connectivity index (χ3n) is 3.69. The molecule has 2 rings (SSSR count). The minimum Gasteiger partial charge on any atom is -0.465 e. The summed E-state index contributed by atoms with van der Waals surface area (Å²) in [5, 5.41) is 6.38. The smallest absolute Gasteiger partial charge is 0.341 e. The largest absolute Gasteiger partial charge is 0.465 e. The van der Waals surface area contributed by atoms with Gasteiger partial charge in [-0.2, -0.15) is 0 Å². The Labute approximate surface area is 139 Å². The lowest BCUT2D eigenvalue weighted by molar-refractivity contribution is -0.120. The zero-order chi connectivity index (χ0) is 17.9. The Morgan fingerprint density at radius 3 is 2.67 bits per heavy atom. The number of anilines is 1. The molecule has 0 aliphatic heterocycles. The van der Waals surface area contributed by atoms with Crippen LogP contribution in [-0.2, 0) is 16.1 Å². The number of likely N-dealkylation sites (N-methyl/N-ethyl adjacent to an activating group) is 1.